The third kappa shape index (κ3) is 4.47. The summed E-state index contributed by atoms with van der Waals surface area (Å²) >= 11 is 6.09. The van der Waals surface area contributed by atoms with Gasteiger partial charge >= 0.3 is 0 Å². The molecule has 140 valence electrons. The summed E-state index contributed by atoms with van der Waals surface area (Å²) in [6, 6.07) is 12.5. The van der Waals surface area contributed by atoms with Gasteiger partial charge in [0.1, 0.15) is 0 Å². The zero-order chi connectivity index (χ0) is 19.6. The second-order valence-corrected chi connectivity index (χ2v) is 8.04. The summed E-state index contributed by atoms with van der Waals surface area (Å²) in [5.74, 6) is -0.212. The van der Waals surface area contributed by atoms with Crippen LogP contribution in [-0.4, -0.2) is 24.1 Å². The first-order chi connectivity index (χ1) is 12.7. The molecule has 2 N–H and O–H groups in total. The number of hydrogen-bond acceptors (Lipinski definition) is 4. The Morgan fingerprint density at radius 2 is 1.93 bits per heavy atom. The highest BCUT2D eigenvalue weighted by atomic mass is 35.5. The van der Waals surface area contributed by atoms with Crippen molar-refractivity contribution >= 4 is 39.0 Å². The lowest BCUT2D eigenvalue weighted by Crippen LogP contribution is -2.16. The highest BCUT2D eigenvalue weighted by Crippen LogP contribution is 2.23. The number of nitrogens with zero attached hydrogens (tertiary/aromatic N) is 2. The number of hydrogen-bond donors (Lipinski definition) is 2. The molecule has 0 aliphatic rings. The monoisotopic (exact) mass is 404 g/mol. The lowest BCUT2D eigenvalue weighted by Gasteiger charge is -2.11. The number of halogens is 1. The van der Waals surface area contributed by atoms with E-state index in [9.17, 15) is 13.2 Å². The molecular weight excluding hydrogens is 388 g/mol. The van der Waals surface area contributed by atoms with E-state index < -0.39 is 15.9 Å². The smallest absolute Gasteiger partial charge is 0.261 e. The normalized spacial score (nSPS) is 11.2. The van der Waals surface area contributed by atoms with E-state index in [1.165, 1.54) is 22.9 Å². The molecule has 0 spiro atoms. The van der Waals surface area contributed by atoms with Gasteiger partial charge in [0.2, 0.25) is 0 Å². The van der Waals surface area contributed by atoms with Crippen molar-refractivity contribution in [2.45, 2.75) is 11.8 Å². The summed E-state index contributed by atoms with van der Waals surface area (Å²) in [5.41, 5.74) is 1.39. The predicted molar refractivity (Wildman–Crippen MR) is 105 cm³/mol. The van der Waals surface area contributed by atoms with Gasteiger partial charge in [0.15, 0.2) is 5.82 Å². The van der Waals surface area contributed by atoms with E-state index in [0.29, 0.717) is 11.5 Å². The Balaban J connectivity index is 1.88. The van der Waals surface area contributed by atoms with Crippen LogP contribution in [0, 0.1) is 6.92 Å². The number of aryl methyl sites for hydroxylation is 2. The lowest BCUT2D eigenvalue weighted by molar-refractivity contribution is 0.102. The fourth-order valence-corrected chi connectivity index (χ4v) is 3.71. The molecule has 0 fully saturated rings. The summed E-state index contributed by atoms with van der Waals surface area (Å²) in [4.78, 5) is 12.4. The van der Waals surface area contributed by atoms with Gasteiger partial charge in [-0.15, -0.1) is 0 Å². The van der Waals surface area contributed by atoms with E-state index in [2.05, 4.69) is 15.1 Å². The van der Waals surface area contributed by atoms with Gasteiger partial charge in [-0.2, -0.15) is 5.10 Å². The van der Waals surface area contributed by atoms with E-state index in [-0.39, 0.29) is 15.5 Å². The van der Waals surface area contributed by atoms with Crippen LogP contribution in [0.2, 0.25) is 5.02 Å². The van der Waals surface area contributed by atoms with Crippen molar-refractivity contribution in [3.8, 4) is 0 Å². The van der Waals surface area contributed by atoms with Crippen LogP contribution >= 0.6 is 11.6 Å². The standard InChI is InChI=1S/C18H17ClN4O3S/c1-12-4-3-5-13(10-12)22-27(25,26)14-6-7-16(19)15(11-14)18(24)20-17-8-9-23(2)21-17/h3-11,22H,1-2H3,(H,20,21,24). The average molecular weight is 405 g/mol. The summed E-state index contributed by atoms with van der Waals surface area (Å²) in [5, 5.41) is 6.77. The van der Waals surface area contributed by atoms with Gasteiger partial charge in [0, 0.05) is 25.0 Å². The van der Waals surface area contributed by atoms with Crippen LogP contribution < -0.4 is 10.0 Å². The minimum atomic E-state index is -3.88. The van der Waals surface area contributed by atoms with E-state index >= 15 is 0 Å². The number of benzene rings is 2. The lowest BCUT2D eigenvalue weighted by atomic mass is 10.2. The van der Waals surface area contributed by atoms with Gasteiger partial charge in [-0.05, 0) is 42.8 Å². The fraction of sp³-hybridized carbons (Fsp3) is 0.111. The molecule has 1 aromatic heterocycles. The topological polar surface area (TPSA) is 93.1 Å². The molecule has 0 aliphatic carbocycles. The SMILES string of the molecule is Cc1cccc(NS(=O)(=O)c2ccc(Cl)c(C(=O)Nc3ccn(C)n3)c2)c1. The number of rotatable bonds is 5. The van der Waals surface area contributed by atoms with Crippen molar-refractivity contribution < 1.29 is 13.2 Å². The maximum atomic E-state index is 12.7. The van der Waals surface area contributed by atoms with Crippen LogP contribution in [0.4, 0.5) is 11.5 Å². The average Bonchev–Trinajstić information content (AvgIpc) is 2.99. The molecule has 0 unspecified atom stereocenters. The number of nitrogens with one attached hydrogen (secondary N) is 2. The first-order valence-electron chi connectivity index (χ1n) is 7.95. The summed E-state index contributed by atoms with van der Waals surface area (Å²) in [6.07, 6.45) is 1.67. The first-order valence-corrected chi connectivity index (χ1v) is 9.81. The Bertz CT molecular complexity index is 1110. The van der Waals surface area contributed by atoms with Gasteiger partial charge in [-0.1, -0.05) is 23.7 Å². The van der Waals surface area contributed by atoms with Crippen molar-refractivity contribution in [3.05, 3.63) is 70.9 Å². The minimum absolute atomic E-state index is 0.0365. The molecule has 1 heterocycles. The highest BCUT2D eigenvalue weighted by Gasteiger charge is 2.19. The molecule has 27 heavy (non-hydrogen) atoms. The third-order valence-electron chi connectivity index (χ3n) is 3.72. The second kappa shape index (κ2) is 7.42. The number of aromatic nitrogens is 2. The van der Waals surface area contributed by atoms with Crippen LogP contribution in [0.25, 0.3) is 0 Å². The number of carbonyl (C=O) groups excluding carboxylic acids is 1. The zero-order valence-corrected chi connectivity index (χ0v) is 16.2. The Labute approximate surface area is 162 Å². The van der Waals surface area contributed by atoms with E-state index in [4.69, 9.17) is 11.6 Å². The van der Waals surface area contributed by atoms with Gasteiger partial charge in [-0.3, -0.25) is 14.2 Å². The van der Waals surface area contributed by atoms with Crippen LogP contribution in [0.3, 0.4) is 0 Å². The Morgan fingerprint density at radius 3 is 2.59 bits per heavy atom. The van der Waals surface area contributed by atoms with Crippen LogP contribution in [-0.2, 0) is 17.1 Å². The van der Waals surface area contributed by atoms with Gasteiger partial charge in [-0.25, -0.2) is 8.42 Å². The van der Waals surface area contributed by atoms with Crippen LogP contribution in [0.15, 0.2) is 59.6 Å². The molecule has 1 amide bonds. The van der Waals surface area contributed by atoms with Crippen molar-refractivity contribution in [3.63, 3.8) is 0 Å². The third-order valence-corrected chi connectivity index (χ3v) is 5.43. The Morgan fingerprint density at radius 1 is 1.15 bits per heavy atom. The number of anilines is 2. The Hall–Kier alpha value is -2.84. The van der Waals surface area contributed by atoms with Gasteiger partial charge < -0.3 is 5.32 Å². The van der Waals surface area contributed by atoms with Crippen molar-refractivity contribution in [1.82, 2.24) is 9.78 Å². The van der Waals surface area contributed by atoms with Gasteiger partial charge in [0.05, 0.1) is 15.5 Å². The second-order valence-electron chi connectivity index (χ2n) is 5.95. The fourth-order valence-electron chi connectivity index (χ4n) is 2.43. The molecule has 0 atom stereocenters. The van der Waals surface area contributed by atoms with Gasteiger partial charge in [0.25, 0.3) is 15.9 Å². The predicted octanol–water partition coefficient (Wildman–Crippen LogP) is 3.44. The molecule has 9 heteroatoms. The van der Waals surface area contributed by atoms with E-state index in [1.54, 1.807) is 37.5 Å². The van der Waals surface area contributed by atoms with Crippen LogP contribution in [0.1, 0.15) is 15.9 Å². The van der Waals surface area contributed by atoms with Crippen molar-refractivity contribution in [2.75, 3.05) is 10.0 Å². The molecule has 0 saturated heterocycles. The number of sulfonamides is 1. The molecule has 3 rings (SSSR count). The molecule has 3 aromatic rings. The summed E-state index contributed by atoms with van der Waals surface area (Å²) < 4.78 is 29.3. The molecule has 0 bridgehead atoms. The minimum Gasteiger partial charge on any atom is -0.305 e. The highest BCUT2D eigenvalue weighted by molar-refractivity contribution is 7.92. The zero-order valence-electron chi connectivity index (χ0n) is 14.6. The van der Waals surface area contributed by atoms with E-state index in [0.717, 1.165) is 5.56 Å². The molecule has 0 aliphatic heterocycles. The maximum absolute atomic E-state index is 12.7. The summed E-state index contributed by atoms with van der Waals surface area (Å²) in [7, 11) is -2.16. The maximum Gasteiger partial charge on any atom is 0.261 e. The van der Waals surface area contributed by atoms with Crippen molar-refractivity contribution in [1.29, 1.82) is 0 Å². The Kier molecular flexibility index (Phi) is 5.20. The molecule has 2 aromatic carbocycles. The molecule has 0 radical (unpaired) electrons. The number of carbonyl (C=O) groups is 1. The van der Waals surface area contributed by atoms with E-state index in [1.807, 2.05) is 13.0 Å². The number of amides is 1. The van der Waals surface area contributed by atoms with Crippen LogP contribution in [0.5, 0.6) is 0 Å². The first kappa shape index (κ1) is 18.9. The largest absolute Gasteiger partial charge is 0.305 e. The molecule has 7 nitrogen and oxygen atoms in total. The quantitative estimate of drug-likeness (QED) is 0.681. The van der Waals surface area contributed by atoms with Crippen molar-refractivity contribution in [2.24, 2.45) is 7.05 Å². The molecular formula is C18H17ClN4O3S. The summed E-state index contributed by atoms with van der Waals surface area (Å²) in [6.45, 7) is 1.86. The molecule has 0 saturated carbocycles.